The molecule has 3 N–H and O–H groups in total. The van der Waals surface area contributed by atoms with Gasteiger partial charge in [-0.15, -0.1) is 0 Å². The van der Waals surface area contributed by atoms with E-state index in [1.54, 1.807) is 18.5 Å². The molecule has 3 heterocycles. The number of amides is 4. The standard InChI is InChI=1S/C34H32N6O3/c1-34(2,3)22-9-13-29(40-31(41)14-15-32(40)42)28(18-22)39-33(43)38-27-12-11-24(25-6-4-5-7-26(25)27)21-8-10-23(37-20-21)19-30-35-16-17-36-30/h4-13,16-18,20H,14-15,19H2,1-3H3,(H,35,36)(H2,38,39,43). The predicted molar refractivity (Wildman–Crippen MR) is 168 cm³/mol. The van der Waals surface area contributed by atoms with Crippen LogP contribution in [-0.4, -0.2) is 32.8 Å². The Morgan fingerprint density at radius 3 is 2.30 bits per heavy atom. The largest absolute Gasteiger partial charge is 0.348 e. The number of carbonyl (C=O) groups excluding carboxylic acids is 3. The minimum Gasteiger partial charge on any atom is -0.348 e. The summed E-state index contributed by atoms with van der Waals surface area (Å²) in [5.74, 6) is 0.305. The van der Waals surface area contributed by atoms with Crippen LogP contribution in [0.4, 0.5) is 21.9 Å². The SMILES string of the molecule is CC(C)(C)c1ccc(N2C(=O)CCC2=O)c(NC(=O)Nc2ccc(-c3ccc(Cc4ncc[nH]4)nc3)c3ccccc23)c1. The first-order chi connectivity index (χ1) is 20.7. The monoisotopic (exact) mass is 572 g/mol. The lowest BCUT2D eigenvalue weighted by Gasteiger charge is -2.24. The summed E-state index contributed by atoms with van der Waals surface area (Å²) in [5.41, 5.74) is 5.01. The number of pyridine rings is 1. The molecule has 4 amide bonds. The Morgan fingerprint density at radius 1 is 0.884 bits per heavy atom. The molecule has 5 aromatic rings. The van der Waals surface area contributed by atoms with Gasteiger partial charge in [0.25, 0.3) is 0 Å². The molecule has 0 spiro atoms. The summed E-state index contributed by atoms with van der Waals surface area (Å²) in [6.45, 7) is 6.19. The minimum atomic E-state index is -0.478. The van der Waals surface area contributed by atoms with Crippen molar-refractivity contribution in [3.8, 4) is 11.1 Å². The maximum absolute atomic E-state index is 13.4. The van der Waals surface area contributed by atoms with Gasteiger partial charge in [0.2, 0.25) is 11.8 Å². The number of aromatic nitrogens is 3. The highest BCUT2D eigenvalue weighted by molar-refractivity contribution is 6.22. The molecule has 1 saturated heterocycles. The van der Waals surface area contributed by atoms with E-state index in [4.69, 9.17) is 0 Å². The number of hydrogen-bond acceptors (Lipinski definition) is 5. The molecule has 0 unspecified atom stereocenters. The number of rotatable bonds is 6. The van der Waals surface area contributed by atoms with E-state index >= 15 is 0 Å². The summed E-state index contributed by atoms with van der Waals surface area (Å²) in [6, 6.07) is 20.7. The zero-order chi connectivity index (χ0) is 30.1. The van der Waals surface area contributed by atoms with Gasteiger partial charge in [0.1, 0.15) is 5.82 Å². The van der Waals surface area contributed by atoms with Crippen LogP contribution in [0.15, 0.2) is 85.3 Å². The highest BCUT2D eigenvalue weighted by atomic mass is 16.2. The summed E-state index contributed by atoms with van der Waals surface area (Å²) >= 11 is 0. The highest BCUT2D eigenvalue weighted by Gasteiger charge is 2.32. The average Bonchev–Trinajstić information content (AvgIpc) is 3.62. The molecule has 216 valence electrons. The summed E-state index contributed by atoms with van der Waals surface area (Å²) < 4.78 is 0. The van der Waals surface area contributed by atoms with Crippen molar-refractivity contribution < 1.29 is 14.4 Å². The van der Waals surface area contributed by atoms with E-state index in [-0.39, 0.29) is 30.1 Å². The van der Waals surface area contributed by atoms with Crippen LogP contribution in [0.1, 0.15) is 50.7 Å². The number of fused-ring (bicyclic) bond motifs is 1. The van der Waals surface area contributed by atoms with E-state index in [2.05, 4.69) is 46.4 Å². The summed E-state index contributed by atoms with van der Waals surface area (Å²) in [6.07, 6.45) is 6.31. The molecular formula is C34H32N6O3. The second-order valence-corrected chi connectivity index (χ2v) is 11.6. The number of aromatic amines is 1. The molecule has 1 aliphatic rings. The number of urea groups is 1. The van der Waals surface area contributed by atoms with Crippen molar-refractivity contribution in [3.63, 3.8) is 0 Å². The van der Waals surface area contributed by atoms with Gasteiger partial charge in [-0.05, 0) is 46.2 Å². The Kier molecular flexibility index (Phi) is 7.23. The van der Waals surface area contributed by atoms with Crippen LogP contribution in [0.2, 0.25) is 0 Å². The highest BCUT2D eigenvalue weighted by Crippen LogP contribution is 2.36. The van der Waals surface area contributed by atoms with Crippen LogP contribution in [0.3, 0.4) is 0 Å². The number of hydrogen-bond donors (Lipinski definition) is 3. The Hall–Kier alpha value is -5.31. The van der Waals surface area contributed by atoms with Crippen molar-refractivity contribution in [2.45, 2.75) is 45.4 Å². The predicted octanol–water partition coefficient (Wildman–Crippen LogP) is 6.81. The van der Waals surface area contributed by atoms with Crippen molar-refractivity contribution in [1.29, 1.82) is 0 Å². The van der Waals surface area contributed by atoms with E-state index in [1.165, 1.54) is 4.90 Å². The number of nitrogens with one attached hydrogen (secondary N) is 3. The van der Waals surface area contributed by atoms with Gasteiger partial charge >= 0.3 is 6.03 Å². The normalized spacial score (nSPS) is 13.5. The molecule has 9 nitrogen and oxygen atoms in total. The number of imide groups is 1. The molecule has 0 bridgehead atoms. The third kappa shape index (κ3) is 5.74. The van der Waals surface area contributed by atoms with Crippen LogP contribution in [0.25, 0.3) is 21.9 Å². The maximum Gasteiger partial charge on any atom is 0.323 e. The van der Waals surface area contributed by atoms with E-state index in [1.807, 2.05) is 66.9 Å². The third-order valence-electron chi connectivity index (χ3n) is 7.61. The van der Waals surface area contributed by atoms with Crippen molar-refractivity contribution in [2.24, 2.45) is 0 Å². The summed E-state index contributed by atoms with van der Waals surface area (Å²) in [5, 5.41) is 7.72. The fourth-order valence-corrected chi connectivity index (χ4v) is 5.33. The second-order valence-electron chi connectivity index (χ2n) is 11.6. The van der Waals surface area contributed by atoms with Crippen LogP contribution in [0.5, 0.6) is 0 Å². The Balaban J connectivity index is 1.28. The van der Waals surface area contributed by atoms with Crippen LogP contribution in [-0.2, 0) is 21.4 Å². The zero-order valence-electron chi connectivity index (χ0n) is 24.3. The lowest BCUT2D eigenvalue weighted by molar-refractivity contribution is -0.121. The molecule has 0 saturated carbocycles. The lowest BCUT2D eigenvalue weighted by atomic mass is 9.86. The van der Waals surface area contributed by atoms with Crippen molar-refractivity contribution in [2.75, 3.05) is 15.5 Å². The molecule has 43 heavy (non-hydrogen) atoms. The number of carbonyl (C=O) groups is 3. The van der Waals surface area contributed by atoms with Gasteiger partial charge in [-0.3, -0.25) is 14.6 Å². The fourth-order valence-electron chi connectivity index (χ4n) is 5.33. The molecule has 9 heteroatoms. The Labute approximate surface area is 249 Å². The van der Waals surface area contributed by atoms with Crippen molar-refractivity contribution >= 4 is 45.7 Å². The average molecular weight is 573 g/mol. The van der Waals surface area contributed by atoms with Crippen molar-refractivity contribution in [1.82, 2.24) is 15.0 Å². The van der Waals surface area contributed by atoms with Crippen LogP contribution >= 0.6 is 0 Å². The maximum atomic E-state index is 13.4. The molecule has 0 atom stereocenters. The fraction of sp³-hybridized carbons (Fsp3) is 0.206. The number of imidazole rings is 1. The van der Waals surface area contributed by atoms with E-state index in [9.17, 15) is 14.4 Å². The van der Waals surface area contributed by atoms with Crippen molar-refractivity contribution in [3.05, 3.63) is 102 Å². The Morgan fingerprint density at radius 2 is 1.63 bits per heavy atom. The number of nitrogens with zero attached hydrogens (tertiary/aromatic N) is 3. The quantitative estimate of drug-likeness (QED) is 0.193. The molecule has 0 radical (unpaired) electrons. The number of benzene rings is 3. The number of anilines is 3. The molecule has 2 aromatic heterocycles. The van der Waals surface area contributed by atoms with Gasteiger partial charge in [-0.25, -0.2) is 14.7 Å². The van der Waals surface area contributed by atoms with Gasteiger partial charge < -0.3 is 15.6 Å². The zero-order valence-corrected chi connectivity index (χ0v) is 24.3. The van der Waals surface area contributed by atoms with Gasteiger partial charge in [0.15, 0.2) is 0 Å². The smallest absolute Gasteiger partial charge is 0.323 e. The lowest BCUT2D eigenvalue weighted by Crippen LogP contribution is -2.30. The Bertz CT molecular complexity index is 1820. The van der Waals surface area contributed by atoms with Gasteiger partial charge in [-0.1, -0.05) is 63.2 Å². The van der Waals surface area contributed by atoms with Gasteiger partial charge in [0.05, 0.1) is 17.1 Å². The first kappa shape index (κ1) is 27.8. The van der Waals surface area contributed by atoms with Crippen LogP contribution < -0.4 is 15.5 Å². The first-order valence-corrected chi connectivity index (χ1v) is 14.2. The van der Waals surface area contributed by atoms with E-state index in [0.717, 1.165) is 39.0 Å². The van der Waals surface area contributed by atoms with E-state index < -0.39 is 6.03 Å². The third-order valence-corrected chi connectivity index (χ3v) is 7.61. The molecular weight excluding hydrogens is 540 g/mol. The van der Waals surface area contributed by atoms with Gasteiger partial charge in [0, 0.05) is 54.5 Å². The first-order valence-electron chi connectivity index (χ1n) is 14.2. The molecule has 0 aliphatic carbocycles. The summed E-state index contributed by atoms with van der Waals surface area (Å²) in [7, 11) is 0. The minimum absolute atomic E-state index is 0.159. The van der Waals surface area contributed by atoms with Gasteiger partial charge in [-0.2, -0.15) is 0 Å². The van der Waals surface area contributed by atoms with Crippen LogP contribution in [0, 0.1) is 0 Å². The molecule has 1 fully saturated rings. The number of H-pyrrole nitrogens is 1. The summed E-state index contributed by atoms with van der Waals surface area (Å²) in [4.78, 5) is 51.7. The van der Waals surface area contributed by atoms with E-state index in [0.29, 0.717) is 23.5 Å². The molecule has 6 rings (SSSR count). The molecule has 1 aliphatic heterocycles. The molecule has 3 aromatic carbocycles. The topological polar surface area (TPSA) is 120 Å². The second kappa shape index (κ2) is 11.2.